The highest BCUT2D eigenvalue weighted by atomic mass is 16.5. The van der Waals surface area contributed by atoms with E-state index in [0.717, 1.165) is 45.2 Å². The molecule has 142 valence electrons. The van der Waals surface area contributed by atoms with Crippen LogP contribution in [0.1, 0.15) is 55.2 Å². The third-order valence-electron chi connectivity index (χ3n) is 4.92. The third-order valence-corrected chi connectivity index (χ3v) is 4.92. The molecule has 1 aliphatic heterocycles. The molecule has 2 aliphatic rings. The topological polar surface area (TPSA) is 90.1 Å². The maximum Gasteiger partial charge on any atom is 0.272 e. The lowest BCUT2D eigenvalue weighted by Gasteiger charge is -2.17. The van der Waals surface area contributed by atoms with Crippen molar-refractivity contribution in [3.8, 4) is 0 Å². The predicted octanol–water partition coefficient (Wildman–Crippen LogP) is 3.94. The number of hydrogen-bond acceptors (Lipinski definition) is 5. The number of carbonyl (C=O) groups is 1. The van der Waals surface area contributed by atoms with Crippen molar-refractivity contribution in [2.45, 2.75) is 39.0 Å². The molecule has 1 atom stereocenters. The fraction of sp³-hybridized carbons (Fsp3) is 0.429. The Kier molecular flexibility index (Phi) is 6.16. The summed E-state index contributed by atoms with van der Waals surface area (Å²) in [4.78, 5) is 18.5. The molecule has 1 amide bonds. The van der Waals surface area contributed by atoms with Crippen LogP contribution in [0.3, 0.4) is 0 Å². The predicted molar refractivity (Wildman–Crippen MR) is 105 cm³/mol. The van der Waals surface area contributed by atoms with Crippen LogP contribution in [0, 0.1) is 16.7 Å². The fourth-order valence-corrected chi connectivity index (χ4v) is 3.33. The maximum atomic E-state index is 12.5. The van der Waals surface area contributed by atoms with Crippen molar-refractivity contribution >= 4 is 17.7 Å². The summed E-state index contributed by atoms with van der Waals surface area (Å²) in [6, 6.07) is 5.00. The summed E-state index contributed by atoms with van der Waals surface area (Å²) in [5, 5.41) is 16.3. The molecule has 1 saturated heterocycles. The number of likely N-dealkylation sites (tertiary alicyclic amines) is 1. The molecule has 0 spiro atoms. The summed E-state index contributed by atoms with van der Waals surface area (Å²) >= 11 is 0. The highest BCUT2D eigenvalue weighted by Gasteiger charge is 2.22. The lowest BCUT2D eigenvalue weighted by molar-refractivity contribution is 0.0787. The van der Waals surface area contributed by atoms with E-state index in [1.54, 1.807) is 23.1 Å². The second-order valence-corrected chi connectivity index (χ2v) is 7.10. The van der Waals surface area contributed by atoms with Gasteiger partial charge in [0.1, 0.15) is 11.4 Å². The summed E-state index contributed by atoms with van der Waals surface area (Å²) in [7, 11) is 0. The number of carbonyl (C=O) groups excluding carboxylic acids is 1. The van der Waals surface area contributed by atoms with Crippen molar-refractivity contribution in [1.82, 2.24) is 9.88 Å². The van der Waals surface area contributed by atoms with Crippen LogP contribution in [0.2, 0.25) is 0 Å². The lowest BCUT2D eigenvalue weighted by atomic mass is 9.95. The van der Waals surface area contributed by atoms with Gasteiger partial charge in [0.15, 0.2) is 5.90 Å². The Morgan fingerprint density at radius 2 is 2.00 bits per heavy atom. The summed E-state index contributed by atoms with van der Waals surface area (Å²) in [5.74, 6) is -0.366. The normalized spacial score (nSPS) is 17.4. The molecule has 1 fully saturated rings. The Bertz CT molecular complexity index is 791. The highest BCUT2D eigenvalue weighted by Crippen LogP contribution is 2.21. The van der Waals surface area contributed by atoms with Crippen molar-refractivity contribution in [2.75, 3.05) is 13.1 Å². The Morgan fingerprint density at radius 1 is 1.26 bits per heavy atom. The van der Waals surface area contributed by atoms with E-state index in [1.807, 2.05) is 13.0 Å². The van der Waals surface area contributed by atoms with E-state index in [4.69, 9.17) is 15.6 Å². The monoisotopic (exact) mass is 366 g/mol. The minimum absolute atomic E-state index is 0.0496. The number of rotatable bonds is 5. The molecule has 1 aliphatic carbocycles. The molecule has 6 heteroatoms. The molecule has 27 heavy (non-hydrogen) atoms. The second kappa shape index (κ2) is 8.75. The van der Waals surface area contributed by atoms with Crippen molar-refractivity contribution in [2.24, 2.45) is 5.92 Å². The number of nitrogens with zero attached hydrogens (tertiary/aromatic N) is 2. The van der Waals surface area contributed by atoms with Crippen LogP contribution in [-0.4, -0.2) is 40.7 Å². The Balaban J connectivity index is 1.60. The molecule has 6 nitrogen and oxygen atoms in total. The van der Waals surface area contributed by atoms with Crippen LogP contribution in [0.25, 0.3) is 0 Å². The van der Waals surface area contributed by atoms with Crippen LogP contribution in [0.15, 0.2) is 42.0 Å². The standard InChI is InChI=1S/C21H26N4O2/c1-15(14-16-8-3-2-4-9-16)19(22)27-20(23)17-10-7-11-18(24-17)21(26)25-12-5-6-13-25/h2-3,7-8,10-11,15,22-23H,4-6,9,12-14H2,1H3. The quantitative estimate of drug-likeness (QED) is 0.611. The number of aromatic nitrogens is 1. The van der Waals surface area contributed by atoms with Crippen LogP contribution in [0.4, 0.5) is 0 Å². The third kappa shape index (κ3) is 4.90. The zero-order valence-corrected chi connectivity index (χ0v) is 15.7. The summed E-state index contributed by atoms with van der Waals surface area (Å²) in [6.45, 7) is 3.44. The SMILES string of the molecule is CC(CC1=CC=CCC1)C(=N)OC(=N)c1cccc(C(=O)N2CCCC2)n1. The first-order valence-electron chi connectivity index (χ1n) is 9.50. The number of pyridine rings is 1. The molecule has 0 bridgehead atoms. The Hall–Kier alpha value is -2.76. The van der Waals surface area contributed by atoms with Gasteiger partial charge in [-0.05, 0) is 44.2 Å². The van der Waals surface area contributed by atoms with Crippen molar-refractivity contribution in [3.63, 3.8) is 0 Å². The Labute approximate surface area is 160 Å². The molecule has 1 aromatic rings. The molecule has 3 rings (SSSR count). The molecule has 2 heterocycles. The van der Waals surface area contributed by atoms with E-state index in [1.165, 1.54) is 5.57 Å². The number of ether oxygens (including phenoxy) is 1. The number of hydrogen-bond donors (Lipinski definition) is 2. The van der Waals surface area contributed by atoms with Crippen LogP contribution in [0.5, 0.6) is 0 Å². The fourth-order valence-electron chi connectivity index (χ4n) is 3.33. The molecular formula is C21H26N4O2. The molecule has 0 saturated carbocycles. The van der Waals surface area contributed by atoms with E-state index in [0.29, 0.717) is 5.69 Å². The molecular weight excluding hydrogens is 340 g/mol. The van der Waals surface area contributed by atoms with Gasteiger partial charge in [-0.25, -0.2) is 4.98 Å². The molecule has 1 unspecified atom stereocenters. The average molecular weight is 366 g/mol. The molecule has 0 aromatic carbocycles. The van der Waals surface area contributed by atoms with Gasteiger partial charge < -0.3 is 9.64 Å². The smallest absolute Gasteiger partial charge is 0.272 e. The first kappa shape index (κ1) is 19.0. The van der Waals surface area contributed by atoms with Crippen LogP contribution < -0.4 is 0 Å². The van der Waals surface area contributed by atoms with E-state index >= 15 is 0 Å². The lowest BCUT2D eigenvalue weighted by Crippen LogP contribution is -2.29. The Morgan fingerprint density at radius 3 is 2.70 bits per heavy atom. The number of nitrogens with one attached hydrogen (secondary N) is 2. The largest absolute Gasteiger partial charge is 0.423 e. The van der Waals surface area contributed by atoms with E-state index < -0.39 is 0 Å². The van der Waals surface area contributed by atoms with Crippen molar-refractivity contribution in [1.29, 1.82) is 10.8 Å². The summed E-state index contributed by atoms with van der Waals surface area (Å²) in [6.07, 6.45) is 11.1. The highest BCUT2D eigenvalue weighted by molar-refractivity contribution is 5.99. The van der Waals surface area contributed by atoms with Gasteiger partial charge in [0.25, 0.3) is 5.91 Å². The minimum atomic E-state index is -0.194. The van der Waals surface area contributed by atoms with E-state index in [-0.39, 0.29) is 29.3 Å². The van der Waals surface area contributed by atoms with Gasteiger partial charge in [-0.1, -0.05) is 36.8 Å². The number of allylic oxidation sites excluding steroid dienone is 4. The number of amides is 1. The van der Waals surface area contributed by atoms with Crippen molar-refractivity contribution in [3.05, 3.63) is 53.4 Å². The maximum absolute atomic E-state index is 12.5. The van der Waals surface area contributed by atoms with Crippen LogP contribution >= 0.6 is 0 Å². The average Bonchev–Trinajstić information content (AvgIpc) is 3.23. The minimum Gasteiger partial charge on any atom is -0.423 e. The van der Waals surface area contributed by atoms with Gasteiger partial charge in [0, 0.05) is 19.0 Å². The first-order valence-corrected chi connectivity index (χ1v) is 9.50. The van der Waals surface area contributed by atoms with Crippen molar-refractivity contribution < 1.29 is 9.53 Å². The second-order valence-electron chi connectivity index (χ2n) is 7.10. The molecule has 1 aromatic heterocycles. The molecule has 0 radical (unpaired) electrons. The van der Waals surface area contributed by atoms with Gasteiger partial charge >= 0.3 is 0 Å². The van der Waals surface area contributed by atoms with Gasteiger partial charge in [-0.2, -0.15) is 0 Å². The van der Waals surface area contributed by atoms with Gasteiger partial charge in [-0.3, -0.25) is 15.6 Å². The van der Waals surface area contributed by atoms with Gasteiger partial charge in [0.2, 0.25) is 5.90 Å². The first-order chi connectivity index (χ1) is 13.0. The summed E-state index contributed by atoms with van der Waals surface area (Å²) < 4.78 is 5.43. The zero-order chi connectivity index (χ0) is 19.2. The van der Waals surface area contributed by atoms with E-state index in [2.05, 4.69) is 17.1 Å². The molecule has 2 N–H and O–H groups in total. The van der Waals surface area contributed by atoms with E-state index in [9.17, 15) is 4.79 Å². The van der Waals surface area contributed by atoms with Gasteiger partial charge in [-0.15, -0.1) is 0 Å². The summed E-state index contributed by atoms with van der Waals surface area (Å²) in [5.41, 5.74) is 1.89. The zero-order valence-electron chi connectivity index (χ0n) is 15.7. The van der Waals surface area contributed by atoms with Crippen LogP contribution in [-0.2, 0) is 4.74 Å². The van der Waals surface area contributed by atoms with Gasteiger partial charge in [0.05, 0.1) is 0 Å².